The van der Waals surface area contributed by atoms with Gasteiger partial charge in [0, 0.05) is 32.5 Å². The van der Waals surface area contributed by atoms with Crippen LogP contribution in [0, 0.1) is 29.6 Å². The zero-order chi connectivity index (χ0) is 75.1. The van der Waals surface area contributed by atoms with Crippen molar-refractivity contribution in [3.05, 3.63) is 0 Å². The van der Waals surface area contributed by atoms with Gasteiger partial charge in [-0.2, -0.15) is 0 Å². The van der Waals surface area contributed by atoms with Gasteiger partial charge in [-0.3, -0.25) is 72.0 Å². The van der Waals surface area contributed by atoms with Gasteiger partial charge >= 0.3 is 0 Å². The highest BCUT2D eigenvalue weighted by Crippen LogP contribution is 2.24. The Morgan fingerprint density at radius 2 is 1.03 bits per heavy atom. The lowest BCUT2D eigenvalue weighted by Gasteiger charge is -2.37. The minimum absolute atomic E-state index is 0.0555. The summed E-state index contributed by atoms with van der Waals surface area (Å²) in [7, 11) is 1.11. The van der Waals surface area contributed by atoms with Gasteiger partial charge in [-0.1, -0.05) is 115 Å². The van der Waals surface area contributed by atoms with Crippen LogP contribution < -0.4 is 59.7 Å². The number of unbranched alkanes of at least 4 members (excludes halogenated alkanes) is 4. The molecular weight excluding hydrogens is 1280 g/mol. The molecule has 0 bridgehead atoms. The van der Waals surface area contributed by atoms with Crippen LogP contribution in [0.3, 0.4) is 0 Å². The van der Waals surface area contributed by atoms with E-state index in [2.05, 4.69) is 42.5 Å². The van der Waals surface area contributed by atoms with E-state index in [4.69, 9.17) is 17.2 Å². The Balaban J connectivity index is 3.14. The third kappa shape index (κ3) is 25.1. The fourth-order valence-electron chi connectivity index (χ4n) is 11.6. The molecule has 14 amide bonds. The van der Waals surface area contributed by atoms with Crippen molar-refractivity contribution in [3.8, 4) is 0 Å². The van der Waals surface area contributed by atoms with Gasteiger partial charge in [0.2, 0.25) is 76.8 Å². The minimum Gasteiger partial charge on any atom is -0.391 e. The van der Waals surface area contributed by atoms with Crippen molar-refractivity contribution < 1.29 is 92.7 Å². The van der Waals surface area contributed by atoms with Crippen LogP contribution in [0.15, 0.2) is 0 Å². The lowest BCUT2D eigenvalue weighted by Crippen LogP contribution is -2.66. The fraction of sp³-hybridized carbons (Fsp3) is 0.785. The fourth-order valence-corrected chi connectivity index (χ4v) is 11.6. The number of primary amides is 2. The maximum absolute atomic E-state index is 15.3. The van der Waals surface area contributed by atoms with Crippen LogP contribution in [-0.4, -0.2) is 240 Å². The molecule has 0 aromatic carbocycles. The highest BCUT2D eigenvalue weighted by Gasteiger charge is 2.48. The number of carbonyl (C=O) groups excluding carboxylic acids is 14. The van der Waals surface area contributed by atoms with Gasteiger partial charge < -0.3 is 95.1 Å². The summed E-state index contributed by atoms with van der Waals surface area (Å²) < 4.78 is 0. The number of hydrogen-bond donors (Lipinski definition) is 16. The predicted molar refractivity (Wildman–Crippen MR) is 356 cm³/mol. The lowest BCUT2D eigenvalue weighted by molar-refractivity contribution is -0.158. The number of likely N-dealkylation sites (N-methyl/N-ethyl adjacent to an activating group) is 1. The van der Waals surface area contributed by atoms with Crippen molar-refractivity contribution >= 4 is 82.7 Å². The molecule has 98 heavy (non-hydrogen) atoms. The number of aliphatic hydroxyl groups is 5. The van der Waals surface area contributed by atoms with E-state index >= 15 is 9.59 Å². The van der Waals surface area contributed by atoms with Crippen molar-refractivity contribution in [3.63, 3.8) is 0 Å². The van der Waals surface area contributed by atoms with Crippen molar-refractivity contribution in [2.24, 2.45) is 46.8 Å². The van der Waals surface area contributed by atoms with Gasteiger partial charge in [0.15, 0.2) is 6.10 Å². The second kappa shape index (κ2) is 40.6. The molecule has 18 atom stereocenters. The molecule has 19 N–H and O–H groups in total. The molecule has 2 rings (SSSR count). The van der Waals surface area contributed by atoms with Gasteiger partial charge in [0.1, 0.15) is 66.5 Å². The molecule has 33 heteroatoms. The maximum atomic E-state index is 15.3. The average molecular weight is 1400 g/mol. The number of nitrogens with one attached hydrogen (secondary N) is 8. The molecule has 558 valence electrons. The van der Waals surface area contributed by atoms with Crippen molar-refractivity contribution in [1.82, 2.24) is 57.2 Å². The number of amides is 14. The van der Waals surface area contributed by atoms with E-state index in [1.54, 1.807) is 20.8 Å². The SMILES string of the molecule is CCCCCCCC(N)CC(=O)N1C(=O)C(C(C)O)NC(=O)C(CC(C)C)NC(=O)C2CCCN2C(=O)C(C(C)O)NC(=O)C(C(O)C(N)=O)NC(=O)C(C(C)CC)N(C)C(=O)C(CCC(N)=O)NC(=O)C(C(O)C(C)C)NC(=O)C(C)NC(=O)C(C(O)C(C)C)NC(=O)C1C(C)C. The van der Waals surface area contributed by atoms with Gasteiger partial charge in [-0.15, -0.1) is 0 Å². The van der Waals surface area contributed by atoms with Crippen LogP contribution in [0.4, 0.5) is 0 Å². The maximum Gasteiger partial charge on any atom is 0.255 e. The van der Waals surface area contributed by atoms with Crippen LogP contribution in [0.5, 0.6) is 0 Å². The summed E-state index contributed by atoms with van der Waals surface area (Å²) in [6.45, 7) is 20.5. The first-order valence-corrected chi connectivity index (χ1v) is 34.2. The summed E-state index contributed by atoms with van der Waals surface area (Å²) in [5.41, 5.74) is 17.5. The van der Waals surface area contributed by atoms with Crippen LogP contribution in [0.25, 0.3) is 0 Å². The van der Waals surface area contributed by atoms with E-state index in [9.17, 15) is 83.1 Å². The van der Waals surface area contributed by atoms with Crippen LogP contribution in [0.1, 0.15) is 180 Å². The summed E-state index contributed by atoms with van der Waals surface area (Å²) in [5.74, 6) is -20.7. The molecule has 2 fully saturated rings. The van der Waals surface area contributed by atoms with E-state index in [0.29, 0.717) is 17.7 Å². The monoisotopic (exact) mass is 1390 g/mol. The molecule has 33 nitrogen and oxygen atoms in total. The smallest absolute Gasteiger partial charge is 0.255 e. The third-order valence-electron chi connectivity index (χ3n) is 17.7. The first-order valence-electron chi connectivity index (χ1n) is 34.2. The van der Waals surface area contributed by atoms with E-state index in [0.717, 1.165) is 63.3 Å². The molecule has 18 unspecified atom stereocenters. The predicted octanol–water partition coefficient (Wildman–Crippen LogP) is -3.83. The summed E-state index contributed by atoms with van der Waals surface area (Å²) in [6.07, 6.45) is -6.99. The van der Waals surface area contributed by atoms with Crippen molar-refractivity contribution in [1.29, 1.82) is 0 Å². The normalized spacial score (nSPS) is 27.1. The van der Waals surface area contributed by atoms with Gasteiger partial charge in [-0.05, 0) is 82.5 Å². The zero-order valence-corrected chi connectivity index (χ0v) is 59.6. The largest absolute Gasteiger partial charge is 0.391 e. The first-order chi connectivity index (χ1) is 45.6. The molecule has 0 aromatic heterocycles. The van der Waals surface area contributed by atoms with E-state index < -0.39 is 235 Å². The molecule has 0 aromatic rings. The molecule has 0 aliphatic carbocycles. The Morgan fingerprint density at radius 3 is 1.53 bits per heavy atom. The Bertz CT molecular complexity index is 2770. The van der Waals surface area contributed by atoms with Crippen molar-refractivity contribution in [2.75, 3.05) is 13.6 Å². The number of aliphatic hydroxyl groups excluding tert-OH is 5. The third-order valence-corrected chi connectivity index (χ3v) is 17.7. The summed E-state index contributed by atoms with van der Waals surface area (Å²) >= 11 is 0. The molecule has 2 aliphatic heterocycles. The topological polar surface area (TPSA) is 524 Å². The Morgan fingerprint density at radius 1 is 0.551 bits per heavy atom. The summed E-state index contributed by atoms with van der Waals surface area (Å²) in [4.78, 5) is 204. The number of imide groups is 1. The van der Waals surface area contributed by atoms with E-state index in [1.807, 2.05) is 6.92 Å². The minimum atomic E-state index is -2.56. The van der Waals surface area contributed by atoms with Crippen LogP contribution >= 0.6 is 0 Å². The standard InChI is InChI=1S/C65H114N14O19/c1-16-18-19-20-21-23-38(66)29-43(83)79-49(31(5)6)61(94)75-46(51(84)32(7)8)58(91)69-35(12)55(88)74-47(52(85)33(9)10)59(92)70-39(25-26-42(67)82)63(96)77(15)50(34(11)17-2)62(95)76-48(53(86)54(68)87)60(93)73-44(36(13)80)64(97)78-27-22-24-41(78)57(90)71-40(28-30(3)4)56(89)72-45(37(14)81)65(79)98/h30-41,44-53,80-81,84-86H,16-29,66H2,1-15H3,(H2,67,82)(H2,68,87)(H,69,91)(H,70,92)(H,71,90)(H,72,89)(H,73,93)(H,74,88)(H,75,94)(H,76,95). The highest BCUT2D eigenvalue weighted by atomic mass is 16.3. The molecule has 0 radical (unpaired) electrons. The second-order valence-corrected chi connectivity index (χ2v) is 27.6. The quantitative estimate of drug-likeness (QED) is 0.0412. The first kappa shape index (κ1) is 86.6. The van der Waals surface area contributed by atoms with Gasteiger partial charge in [0.25, 0.3) is 5.91 Å². The number of carbonyl (C=O) groups is 14. The van der Waals surface area contributed by atoms with Gasteiger partial charge in [0.05, 0.1) is 24.4 Å². The summed E-state index contributed by atoms with van der Waals surface area (Å²) in [6, 6.07) is -21.4. The Kier molecular flexibility index (Phi) is 35.9. The summed E-state index contributed by atoms with van der Waals surface area (Å²) in [5, 5.41) is 76.1. The van der Waals surface area contributed by atoms with E-state index in [1.165, 1.54) is 48.5 Å². The van der Waals surface area contributed by atoms with Gasteiger partial charge in [-0.25, -0.2) is 0 Å². The molecule has 2 saturated heterocycles. The Hall–Kier alpha value is -7.46. The zero-order valence-electron chi connectivity index (χ0n) is 59.6. The van der Waals surface area contributed by atoms with Crippen LogP contribution in [0.2, 0.25) is 0 Å². The average Bonchev–Trinajstić information content (AvgIpc) is 1.03. The number of fused-ring (bicyclic) bond motifs is 1. The molecule has 0 spiro atoms. The molecule has 2 heterocycles. The molecule has 0 saturated carbocycles. The number of nitrogens with zero attached hydrogens (tertiary/aromatic N) is 3. The number of rotatable bonds is 24. The highest BCUT2D eigenvalue weighted by molar-refractivity contribution is 6.06. The molecule has 2 aliphatic rings. The number of nitrogens with two attached hydrogens (primary N) is 3. The second-order valence-electron chi connectivity index (χ2n) is 27.6. The Labute approximate surface area is 574 Å². The molecular formula is C65H114N14O19. The van der Waals surface area contributed by atoms with Crippen molar-refractivity contribution in [2.45, 2.75) is 283 Å². The lowest BCUT2D eigenvalue weighted by atomic mass is 9.94. The number of hydrogen-bond acceptors (Lipinski definition) is 20. The van der Waals surface area contributed by atoms with E-state index in [-0.39, 0.29) is 32.2 Å². The van der Waals surface area contributed by atoms with Crippen LogP contribution in [-0.2, 0) is 67.1 Å².